The molecule has 0 atom stereocenters. The van der Waals surface area contributed by atoms with Crippen LogP contribution >= 0.6 is 0 Å². The van der Waals surface area contributed by atoms with Crippen molar-refractivity contribution in [2.75, 3.05) is 26.8 Å². The highest BCUT2D eigenvalue weighted by Crippen LogP contribution is 2.21. The number of pyridine rings is 1. The molecule has 3 aromatic heterocycles. The first-order valence-electron chi connectivity index (χ1n) is 10.4. The summed E-state index contributed by atoms with van der Waals surface area (Å²) in [5.41, 5.74) is 2.56. The number of hydrogen-bond donors (Lipinski definition) is 0. The smallest absolute Gasteiger partial charge is 0.270 e. The summed E-state index contributed by atoms with van der Waals surface area (Å²) in [6, 6.07) is 5.52. The Morgan fingerprint density at radius 1 is 1.17 bits per heavy atom. The van der Waals surface area contributed by atoms with Gasteiger partial charge in [0.25, 0.3) is 11.5 Å². The normalized spacial score (nSPS) is 15.2. The van der Waals surface area contributed by atoms with Gasteiger partial charge in [-0.05, 0) is 43.9 Å². The van der Waals surface area contributed by atoms with E-state index in [0.717, 1.165) is 50.8 Å². The van der Waals surface area contributed by atoms with Crippen molar-refractivity contribution in [1.82, 2.24) is 18.9 Å². The van der Waals surface area contributed by atoms with Crippen molar-refractivity contribution in [2.45, 2.75) is 45.6 Å². The third-order valence-corrected chi connectivity index (χ3v) is 5.73. The standard InChI is InChI=1S/C22H28N4O3/c1-16-9-7-12-26-19(16)23-20-17(21(26)27)15-18(25(20)13-8-14-29-2)22(28)24-10-5-3-4-6-11-24/h7,9,12,15H,3-6,8,10-11,13-14H2,1-2H3. The molecule has 0 unspecified atom stereocenters. The average Bonchev–Trinajstić information content (AvgIpc) is 2.89. The zero-order valence-corrected chi connectivity index (χ0v) is 17.2. The van der Waals surface area contributed by atoms with Crippen LogP contribution in [0.2, 0.25) is 0 Å². The minimum absolute atomic E-state index is 0.00695. The number of ether oxygens (including phenoxy) is 1. The van der Waals surface area contributed by atoms with E-state index in [0.29, 0.717) is 35.5 Å². The Hall–Kier alpha value is -2.67. The average molecular weight is 396 g/mol. The van der Waals surface area contributed by atoms with Crippen LogP contribution in [-0.2, 0) is 11.3 Å². The van der Waals surface area contributed by atoms with Gasteiger partial charge in [0.2, 0.25) is 0 Å². The summed E-state index contributed by atoms with van der Waals surface area (Å²) in [6.45, 7) is 4.65. The number of aryl methyl sites for hydroxylation is 2. The molecule has 1 aliphatic rings. The van der Waals surface area contributed by atoms with Gasteiger partial charge in [-0.3, -0.25) is 14.0 Å². The predicted octanol–water partition coefficient (Wildman–Crippen LogP) is 3.01. The molecule has 0 spiro atoms. The highest BCUT2D eigenvalue weighted by atomic mass is 16.5. The fourth-order valence-corrected chi connectivity index (χ4v) is 4.17. The van der Waals surface area contributed by atoms with Gasteiger partial charge in [0.15, 0.2) is 0 Å². The summed E-state index contributed by atoms with van der Waals surface area (Å²) in [5.74, 6) is -0.00695. The molecule has 1 saturated heterocycles. The van der Waals surface area contributed by atoms with E-state index in [9.17, 15) is 9.59 Å². The maximum atomic E-state index is 13.4. The molecule has 1 amide bonds. The Balaban J connectivity index is 1.88. The molecule has 0 aromatic carbocycles. The second kappa shape index (κ2) is 8.37. The Morgan fingerprint density at radius 3 is 2.66 bits per heavy atom. The number of aromatic nitrogens is 3. The number of rotatable bonds is 5. The molecule has 7 nitrogen and oxygen atoms in total. The van der Waals surface area contributed by atoms with E-state index in [-0.39, 0.29) is 11.5 Å². The minimum atomic E-state index is -0.135. The van der Waals surface area contributed by atoms with Crippen LogP contribution in [0.25, 0.3) is 16.7 Å². The number of likely N-dealkylation sites (tertiary alicyclic amines) is 1. The third-order valence-electron chi connectivity index (χ3n) is 5.73. The van der Waals surface area contributed by atoms with Crippen molar-refractivity contribution in [3.63, 3.8) is 0 Å². The van der Waals surface area contributed by atoms with Crippen molar-refractivity contribution in [2.24, 2.45) is 0 Å². The molecule has 1 fully saturated rings. The number of methoxy groups -OCH3 is 1. The summed E-state index contributed by atoms with van der Waals surface area (Å²) in [4.78, 5) is 33.3. The van der Waals surface area contributed by atoms with Gasteiger partial charge in [-0.2, -0.15) is 0 Å². The molecular weight excluding hydrogens is 368 g/mol. The number of carbonyl (C=O) groups excluding carboxylic acids is 1. The van der Waals surface area contributed by atoms with Gasteiger partial charge >= 0.3 is 0 Å². The molecule has 0 N–H and O–H groups in total. The molecule has 4 heterocycles. The van der Waals surface area contributed by atoms with Gasteiger partial charge in [0.1, 0.15) is 17.0 Å². The lowest BCUT2D eigenvalue weighted by molar-refractivity contribution is 0.0750. The van der Waals surface area contributed by atoms with Crippen LogP contribution in [0.3, 0.4) is 0 Å². The quantitative estimate of drug-likeness (QED) is 0.622. The van der Waals surface area contributed by atoms with Crippen molar-refractivity contribution < 1.29 is 9.53 Å². The SMILES string of the molecule is COCCCn1c(C(=O)N2CCCCCC2)cc2c(=O)n3cccc(C)c3nc21. The summed E-state index contributed by atoms with van der Waals surface area (Å²) in [6.07, 6.45) is 6.85. The number of fused-ring (bicyclic) bond motifs is 2. The number of nitrogens with zero attached hydrogens (tertiary/aromatic N) is 4. The monoisotopic (exact) mass is 396 g/mol. The topological polar surface area (TPSA) is 68.8 Å². The zero-order chi connectivity index (χ0) is 20.4. The molecule has 29 heavy (non-hydrogen) atoms. The maximum absolute atomic E-state index is 13.4. The first-order valence-corrected chi connectivity index (χ1v) is 10.4. The first kappa shape index (κ1) is 19.6. The fourth-order valence-electron chi connectivity index (χ4n) is 4.17. The van der Waals surface area contributed by atoms with Gasteiger partial charge in [0.05, 0.1) is 5.39 Å². The van der Waals surface area contributed by atoms with Gasteiger partial charge in [-0.1, -0.05) is 18.9 Å². The molecule has 3 aromatic rings. The summed E-state index contributed by atoms with van der Waals surface area (Å²) in [5, 5.41) is 0.490. The number of hydrogen-bond acceptors (Lipinski definition) is 4. The molecule has 0 saturated carbocycles. The number of amides is 1. The Morgan fingerprint density at radius 2 is 1.93 bits per heavy atom. The van der Waals surface area contributed by atoms with Crippen molar-refractivity contribution in [3.05, 3.63) is 46.0 Å². The fraction of sp³-hybridized carbons (Fsp3) is 0.500. The molecule has 7 heteroatoms. The Bertz CT molecular complexity index is 1090. The largest absolute Gasteiger partial charge is 0.385 e. The van der Waals surface area contributed by atoms with Crippen molar-refractivity contribution >= 4 is 22.6 Å². The maximum Gasteiger partial charge on any atom is 0.270 e. The van der Waals surface area contributed by atoms with E-state index < -0.39 is 0 Å². The van der Waals surface area contributed by atoms with Gasteiger partial charge in [-0.15, -0.1) is 0 Å². The molecule has 0 aliphatic carbocycles. The molecule has 0 bridgehead atoms. The van der Waals surface area contributed by atoms with Crippen molar-refractivity contribution in [3.8, 4) is 0 Å². The van der Waals surface area contributed by atoms with Crippen LogP contribution in [0.15, 0.2) is 29.2 Å². The van der Waals surface area contributed by atoms with Crippen LogP contribution in [0.5, 0.6) is 0 Å². The molecular formula is C22H28N4O3. The molecule has 154 valence electrons. The van der Waals surface area contributed by atoms with E-state index in [1.165, 1.54) is 0 Å². The summed E-state index contributed by atoms with van der Waals surface area (Å²) >= 11 is 0. The lowest BCUT2D eigenvalue weighted by Crippen LogP contribution is -2.33. The summed E-state index contributed by atoms with van der Waals surface area (Å²) < 4.78 is 8.68. The van der Waals surface area contributed by atoms with Crippen LogP contribution in [0.4, 0.5) is 0 Å². The lowest BCUT2D eigenvalue weighted by atomic mass is 10.2. The van der Waals surface area contributed by atoms with Gasteiger partial charge in [0, 0.05) is 39.5 Å². The van der Waals surface area contributed by atoms with Crippen LogP contribution in [0, 0.1) is 6.92 Å². The zero-order valence-electron chi connectivity index (χ0n) is 17.2. The van der Waals surface area contributed by atoms with E-state index in [1.54, 1.807) is 23.8 Å². The second-order valence-electron chi connectivity index (χ2n) is 7.77. The lowest BCUT2D eigenvalue weighted by Gasteiger charge is -2.21. The van der Waals surface area contributed by atoms with Crippen LogP contribution < -0.4 is 5.56 Å². The second-order valence-corrected chi connectivity index (χ2v) is 7.77. The molecule has 0 radical (unpaired) electrons. The van der Waals surface area contributed by atoms with E-state index in [4.69, 9.17) is 9.72 Å². The number of carbonyl (C=O) groups is 1. The van der Waals surface area contributed by atoms with Gasteiger partial charge < -0.3 is 14.2 Å². The van der Waals surface area contributed by atoms with E-state index >= 15 is 0 Å². The van der Waals surface area contributed by atoms with Crippen LogP contribution in [-0.4, -0.2) is 51.6 Å². The highest BCUT2D eigenvalue weighted by Gasteiger charge is 2.24. The summed E-state index contributed by atoms with van der Waals surface area (Å²) in [7, 11) is 1.67. The predicted molar refractivity (Wildman–Crippen MR) is 113 cm³/mol. The minimum Gasteiger partial charge on any atom is -0.385 e. The Labute approximate surface area is 169 Å². The van der Waals surface area contributed by atoms with Gasteiger partial charge in [-0.25, -0.2) is 4.98 Å². The van der Waals surface area contributed by atoms with E-state index in [1.807, 2.05) is 28.5 Å². The molecule has 4 rings (SSSR count). The molecule has 1 aliphatic heterocycles. The third kappa shape index (κ3) is 3.67. The Kier molecular flexibility index (Phi) is 5.67. The first-order chi connectivity index (χ1) is 14.1. The van der Waals surface area contributed by atoms with Crippen LogP contribution in [0.1, 0.15) is 48.2 Å². The highest BCUT2D eigenvalue weighted by molar-refractivity contribution is 5.98. The van der Waals surface area contributed by atoms with Crippen molar-refractivity contribution in [1.29, 1.82) is 0 Å². The van der Waals surface area contributed by atoms with E-state index in [2.05, 4.69) is 0 Å².